The van der Waals surface area contributed by atoms with Gasteiger partial charge in [0.05, 0.1) is 18.4 Å². The van der Waals surface area contributed by atoms with Gasteiger partial charge in [-0.3, -0.25) is 4.90 Å². The van der Waals surface area contributed by atoms with Gasteiger partial charge in [0, 0.05) is 39.6 Å². The molecule has 0 aromatic carbocycles. The second-order valence-corrected chi connectivity index (χ2v) is 7.80. The van der Waals surface area contributed by atoms with Gasteiger partial charge in [-0.05, 0) is 6.92 Å². The van der Waals surface area contributed by atoms with Crippen LogP contribution in [0.3, 0.4) is 0 Å². The third kappa shape index (κ3) is 3.79. The number of nitrogens with zero attached hydrogens (tertiary/aromatic N) is 5. The van der Waals surface area contributed by atoms with Crippen LogP contribution in [-0.4, -0.2) is 76.5 Å². The summed E-state index contributed by atoms with van der Waals surface area (Å²) in [6, 6.07) is 0. The van der Waals surface area contributed by atoms with Crippen molar-refractivity contribution in [1.29, 1.82) is 0 Å². The lowest BCUT2D eigenvalue weighted by atomic mass is 10.1. The Morgan fingerprint density at radius 3 is 2.76 bits per heavy atom. The predicted molar refractivity (Wildman–Crippen MR) is 77.9 cm³/mol. The molecule has 8 nitrogen and oxygen atoms in total. The van der Waals surface area contributed by atoms with Gasteiger partial charge in [0.2, 0.25) is 10.0 Å². The Hall–Kier alpha value is -1.03. The first-order valence-electron chi connectivity index (χ1n) is 7.00. The summed E-state index contributed by atoms with van der Waals surface area (Å²) in [5.41, 5.74) is 0. The molecule has 0 spiro atoms. The number of rotatable bonds is 6. The normalized spacial score (nSPS) is 24.0. The van der Waals surface area contributed by atoms with Gasteiger partial charge in [-0.15, -0.1) is 0 Å². The lowest BCUT2D eigenvalue weighted by Gasteiger charge is -2.17. The molecule has 1 fully saturated rings. The maximum Gasteiger partial charge on any atom is 0.214 e. The van der Waals surface area contributed by atoms with Crippen LogP contribution in [0.25, 0.3) is 0 Å². The van der Waals surface area contributed by atoms with E-state index >= 15 is 0 Å². The number of aliphatic hydroxyl groups is 1. The fourth-order valence-electron chi connectivity index (χ4n) is 2.53. The molecule has 0 radical (unpaired) electrons. The highest BCUT2D eigenvalue weighted by Crippen LogP contribution is 2.21. The van der Waals surface area contributed by atoms with Crippen LogP contribution in [0, 0.1) is 5.92 Å². The van der Waals surface area contributed by atoms with E-state index in [1.54, 1.807) is 4.68 Å². The average molecular weight is 317 g/mol. The van der Waals surface area contributed by atoms with Crippen molar-refractivity contribution in [2.75, 3.05) is 32.9 Å². The van der Waals surface area contributed by atoms with Gasteiger partial charge in [-0.1, -0.05) is 0 Å². The fourth-order valence-corrected chi connectivity index (χ4v) is 3.70. The Labute approximate surface area is 125 Å². The topological polar surface area (TPSA) is 91.6 Å². The SMILES string of the molecule is CCn1ncnc1CN1C[C@@H](CS(=O)(=O)N(C)C)[C@H](O)C1. The first-order chi connectivity index (χ1) is 9.83. The maximum atomic E-state index is 11.9. The fraction of sp³-hybridized carbons (Fsp3) is 0.833. The van der Waals surface area contributed by atoms with Crippen LogP contribution in [0.15, 0.2) is 6.33 Å². The quantitative estimate of drug-likeness (QED) is 0.722. The molecule has 1 aromatic heterocycles. The number of β-amino-alcohol motifs (C(OH)–C–C–N with tert-alkyl or cyclic N) is 1. The van der Waals surface area contributed by atoms with E-state index in [1.165, 1.54) is 24.7 Å². The molecule has 9 heteroatoms. The van der Waals surface area contributed by atoms with E-state index in [0.717, 1.165) is 12.4 Å². The monoisotopic (exact) mass is 317 g/mol. The third-order valence-corrected chi connectivity index (χ3v) is 5.79. The zero-order valence-corrected chi connectivity index (χ0v) is 13.5. The molecule has 2 heterocycles. The van der Waals surface area contributed by atoms with Crippen molar-refractivity contribution in [2.45, 2.75) is 26.1 Å². The number of likely N-dealkylation sites (tertiary alicyclic amines) is 1. The molecule has 2 atom stereocenters. The summed E-state index contributed by atoms with van der Waals surface area (Å²) in [6.07, 6.45) is 0.886. The van der Waals surface area contributed by atoms with Gasteiger partial charge in [-0.2, -0.15) is 5.10 Å². The zero-order valence-electron chi connectivity index (χ0n) is 12.7. The molecule has 2 rings (SSSR count). The van der Waals surface area contributed by atoms with Crippen molar-refractivity contribution in [3.05, 3.63) is 12.2 Å². The van der Waals surface area contributed by atoms with Crippen molar-refractivity contribution in [1.82, 2.24) is 24.0 Å². The predicted octanol–water partition coefficient (Wildman–Crippen LogP) is -1.02. The van der Waals surface area contributed by atoms with Gasteiger partial charge in [-0.25, -0.2) is 22.4 Å². The molecule has 0 saturated carbocycles. The molecular weight excluding hydrogens is 294 g/mol. The third-order valence-electron chi connectivity index (χ3n) is 3.82. The molecule has 1 aliphatic heterocycles. The Balaban J connectivity index is 1.98. The zero-order chi connectivity index (χ0) is 15.6. The number of aliphatic hydroxyl groups excluding tert-OH is 1. The standard InChI is InChI=1S/C12H23N5O3S/c1-4-17-12(13-9-14-17)7-16-5-10(11(18)6-16)8-21(19,20)15(2)3/h9-11,18H,4-8H2,1-3H3/t10-,11+/m0/s1. The summed E-state index contributed by atoms with van der Waals surface area (Å²) in [5.74, 6) is 0.536. The first kappa shape index (κ1) is 16.3. The molecule has 1 aliphatic rings. The molecule has 120 valence electrons. The van der Waals surface area contributed by atoms with Crippen molar-refractivity contribution in [3.8, 4) is 0 Å². The number of hydrogen-bond donors (Lipinski definition) is 1. The Kier molecular flexibility index (Phi) is 4.97. The number of aromatic nitrogens is 3. The minimum absolute atomic E-state index is 0.0296. The first-order valence-corrected chi connectivity index (χ1v) is 8.61. The van der Waals surface area contributed by atoms with E-state index in [2.05, 4.69) is 10.1 Å². The molecule has 21 heavy (non-hydrogen) atoms. The van der Waals surface area contributed by atoms with E-state index in [-0.39, 0.29) is 11.7 Å². The molecule has 0 bridgehead atoms. The molecule has 1 N–H and O–H groups in total. The van der Waals surface area contributed by atoms with Crippen LogP contribution < -0.4 is 0 Å². The van der Waals surface area contributed by atoms with Crippen LogP contribution >= 0.6 is 0 Å². The van der Waals surface area contributed by atoms with Crippen LogP contribution in [0.2, 0.25) is 0 Å². The van der Waals surface area contributed by atoms with Crippen molar-refractivity contribution in [3.63, 3.8) is 0 Å². The summed E-state index contributed by atoms with van der Waals surface area (Å²) in [5, 5.41) is 14.2. The molecular formula is C12H23N5O3S. The molecule has 1 saturated heterocycles. The van der Waals surface area contributed by atoms with Gasteiger partial charge in [0.25, 0.3) is 0 Å². The summed E-state index contributed by atoms with van der Waals surface area (Å²) in [7, 11) is -0.275. The van der Waals surface area contributed by atoms with Gasteiger partial charge in [0.15, 0.2) is 0 Å². The van der Waals surface area contributed by atoms with Crippen molar-refractivity contribution in [2.24, 2.45) is 5.92 Å². The van der Waals surface area contributed by atoms with Crippen LogP contribution in [0.1, 0.15) is 12.7 Å². The maximum absolute atomic E-state index is 11.9. The van der Waals surface area contributed by atoms with E-state index in [9.17, 15) is 13.5 Å². The van der Waals surface area contributed by atoms with Gasteiger partial charge in [0.1, 0.15) is 12.2 Å². The Bertz CT molecular complexity index is 571. The summed E-state index contributed by atoms with van der Waals surface area (Å²) >= 11 is 0. The van der Waals surface area contributed by atoms with Crippen LogP contribution in [-0.2, 0) is 23.1 Å². The second-order valence-electron chi connectivity index (χ2n) is 5.57. The minimum atomic E-state index is -3.30. The largest absolute Gasteiger partial charge is 0.391 e. The summed E-state index contributed by atoms with van der Waals surface area (Å²) in [6.45, 7) is 4.31. The van der Waals surface area contributed by atoms with Crippen LogP contribution in [0.4, 0.5) is 0 Å². The highest BCUT2D eigenvalue weighted by molar-refractivity contribution is 7.89. The van der Waals surface area contributed by atoms with E-state index < -0.39 is 16.1 Å². The molecule has 1 aromatic rings. The average Bonchev–Trinajstić information content (AvgIpc) is 2.96. The van der Waals surface area contributed by atoms with Crippen molar-refractivity contribution >= 4 is 10.0 Å². The smallest absolute Gasteiger partial charge is 0.214 e. The second kappa shape index (κ2) is 6.39. The van der Waals surface area contributed by atoms with Crippen LogP contribution in [0.5, 0.6) is 0 Å². The number of aryl methyl sites for hydroxylation is 1. The minimum Gasteiger partial charge on any atom is -0.391 e. The Morgan fingerprint density at radius 2 is 2.14 bits per heavy atom. The lowest BCUT2D eigenvalue weighted by Crippen LogP contribution is -2.33. The van der Waals surface area contributed by atoms with E-state index in [0.29, 0.717) is 19.6 Å². The van der Waals surface area contributed by atoms with Gasteiger partial charge >= 0.3 is 0 Å². The van der Waals surface area contributed by atoms with E-state index in [4.69, 9.17) is 0 Å². The highest BCUT2D eigenvalue weighted by atomic mass is 32.2. The highest BCUT2D eigenvalue weighted by Gasteiger charge is 2.35. The molecule has 0 aliphatic carbocycles. The molecule has 0 unspecified atom stereocenters. The number of hydrogen-bond acceptors (Lipinski definition) is 6. The Morgan fingerprint density at radius 1 is 1.43 bits per heavy atom. The summed E-state index contributed by atoms with van der Waals surface area (Å²) < 4.78 is 26.9. The molecule has 0 amide bonds. The lowest BCUT2D eigenvalue weighted by molar-refractivity contribution is 0.147. The van der Waals surface area contributed by atoms with Gasteiger partial charge < -0.3 is 5.11 Å². The summed E-state index contributed by atoms with van der Waals surface area (Å²) in [4.78, 5) is 6.23. The van der Waals surface area contributed by atoms with Crippen molar-refractivity contribution < 1.29 is 13.5 Å². The van der Waals surface area contributed by atoms with E-state index in [1.807, 2.05) is 11.8 Å². The number of sulfonamides is 1.